The number of benzene rings is 2. The number of nitrogens with zero attached hydrogens (tertiary/aromatic N) is 3. The molecule has 2 aromatic carbocycles. The molecule has 0 radical (unpaired) electrons. The van der Waals surface area contributed by atoms with Crippen LogP contribution in [0.4, 0.5) is 22.4 Å². The Hall–Kier alpha value is -3.48. The highest BCUT2D eigenvalue weighted by atomic mass is 16.2. The van der Waals surface area contributed by atoms with Crippen molar-refractivity contribution in [3.8, 4) is 11.4 Å². The molecule has 0 fully saturated rings. The van der Waals surface area contributed by atoms with E-state index in [9.17, 15) is 4.79 Å². The maximum Gasteiger partial charge on any atom is 0.326 e. The van der Waals surface area contributed by atoms with Crippen LogP contribution < -0.4 is 16.4 Å². The summed E-state index contributed by atoms with van der Waals surface area (Å²) in [5, 5.41) is 5.23. The van der Waals surface area contributed by atoms with Gasteiger partial charge in [0.2, 0.25) is 11.9 Å². The van der Waals surface area contributed by atoms with Gasteiger partial charge >= 0.3 is 6.03 Å². The summed E-state index contributed by atoms with van der Waals surface area (Å²) in [6.45, 7) is 0. The van der Waals surface area contributed by atoms with Crippen molar-refractivity contribution in [1.29, 1.82) is 0 Å². The summed E-state index contributed by atoms with van der Waals surface area (Å²) in [4.78, 5) is 24.2. The van der Waals surface area contributed by atoms with E-state index < -0.39 is 6.03 Å². The molecule has 0 spiro atoms. The summed E-state index contributed by atoms with van der Waals surface area (Å²) in [6.07, 6.45) is 0. The molecular weight excluding hydrogens is 292 g/mol. The van der Waals surface area contributed by atoms with Gasteiger partial charge in [-0.15, -0.1) is 0 Å². The van der Waals surface area contributed by atoms with Crippen molar-refractivity contribution in [2.24, 2.45) is 0 Å². The average Bonchev–Trinajstić information content (AvgIpc) is 2.56. The average molecular weight is 306 g/mol. The third kappa shape index (κ3) is 3.79. The van der Waals surface area contributed by atoms with Gasteiger partial charge in [-0.3, -0.25) is 5.32 Å². The molecule has 0 atom stereocenters. The van der Waals surface area contributed by atoms with Crippen LogP contribution in [0.1, 0.15) is 0 Å². The molecule has 3 aromatic rings. The number of nitrogen functional groups attached to an aromatic ring is 1. The van der Waals surface area contributed by atoms with Crippen LogP contribution in [0.3, 0.4) is 0 Å². The number of carbonyl (C=O) groups is 1. The number of hydrogen-bond acceptors (Lipinski definition) is 5. The van der Waals surface area contributed by atoms with Crippen LogP contribution in [0.2, 0.25) is 0 Å². The maximum atomic E-state index is 12.0. The minimum atomic E-state index is -0.458. The zero-order chi connectivity index (χ0) is 16.1. The van der Waals surface area contributed by atoms with Crippen LogP contribution in [0.25, 0.3) is 11.4 Å². The highest BCUT2D eigenvalue weighted by Gasteiger charge is 2.09. The van der Waals surface area contributed by atoms with E-state index in [1.807, 2.05) is 48.5 Å². The minimum Gasteiger partial charge on any atom is -0.368 e. The molecule has 0 saturated carbocycles. The summed E-state index contributed by atoms with van der Waals surface area (Å²) in [6, 6.07) is 17.9. The molecule has 1 heterocycles. The quantitative estimate of drug-likeness (QED) is 0.690. The number of amides is 2. The molecule has 7 nitrogen and oxygen atoms in total. The topological polar surface area (TPSA) is 106 Å². The predicted molar refractivity (Wildman–Crippen MR) is 88.8 cm³/mol. The lowest BCUT2D eigenvalue weighted by molar-refractivity contribution is 0.262. The SMILES string of the molecule is Nc1nc(NC(=O)Nc2ccccc2)nc(-c2ccccc2)n1. The summed E-state index contributed by atoms with van der Waals surface area (Å²) in [5.41, 5.74) is 7.14. The van der Waals surface area contributed by atoms with Gasteiger partial charge in [-0.1, -0.05) is 48.5 Å². The molecular formula is C16H14N6O. The number of rotatable bonds is 3. The zero-order valence-electron chi connectivity index (χ0n) is 12.1. The van der Waals surface area contributed by atoms with Crippen molar-refractivity contribution in [2.75, 3.05) is 16.4 Å². The smallest absolute Gasteiger partial charge is 0.326 e. The Balaban J connectivity index is 1.78. The standard InChI is InChI=1S/C16H14N6O/c17-14-19-13(11-7-3-1-4-8-11)20-15(21-14)22-16(23)18-12-9-5-2-6-10-12/h1-10H,(H4,17,18,19,20,21,22,23). The van der Waals surface area contributed by atoms with Crippen molar-refractivity contribution in [3.63, 3.8) is 0 Å². The first-order valence-electron chi connectivity index (χ1n) is 6.91. The van der Waals surface area contributed by atoms with Gasteiger partial charge in [0.1, 0.15) is 0 Å². The van der Waals surface area contributed by atoms with Crippen LogP contribution >= 0.6 is 0 Å². The highest BCUT2D eigenvalue weighted by molar-refractivity contribution is 5.98. The number of nitrogens with one attached hydrogen (secondary N) is 2. The van der Waals surface area contributed by atoms with Gasteiger partial charge in [0.25, 0.3) is 0 Å². The van der Waals surface area contributed by atoms with Gasteiger partial charge in [-0.05, 0) is 12.1 Å². The molecule has 114 valence electrons. The van der Waals surface area contributed by atoms with Crippen molar-refractivity contribution in [2.45, 2.75) is 0 Å². The second-order valence-corrected chi connectivity index (χ2v) is 4.65. The molecule has 3 rings (SSSR count). The van der Waals surface area contributed by atoms with Crippen LogP contribution in [0.5, 0.6) is 0 Å². The van der Waals surface area contributed by atoms with E-state index in [1.165, 1.54) is 0 Å². The van der Waals surface area contributed by atoms with E-state index in [1.54, 1.807) is 12.1 Å². The summed E-state index contributed by atoms with van der Waals surface area (Å²) in [5.74, 6) is 0.520. The van der Waals surface area contributed by atoms with E-state index in [4.69, 9.17) is 5.73 Å². The molecule has 4 N–H and O–H groups in total. The third-order valence-electron chi connectivity index (χ3n) is 2.94. The lowest BCUT2D eigenvalue weighted by Gasteiger charge is -2.08. The van der Waals surface area contributed by atoms with E-state index >= 15 is 0 Å². The first kappa shape index (κ1) is 14.5. The lowest BCUT2D eigenvalue weighted by Crippen LogP contribution is -2.21. The third-order valence-corrected chi connectivity index (χ3v) is 2.94. The minimum absolute atomic E-state index is 0.0360. The number of para-hydroxylation sites is 1. The largest absolute Gasteiger partial charge is 0.368 e. The summed E-state index contributed by atoms with van der Waals surface area (Å²) in [7, 11) is 0. The molecule has 0 aliphatic carbocycles. The van der Waals surface area contributed by atoms with E-state index in [2.05, 4.69) is 25.6 Å². The first-order chi connectivity index (χ1) is 11.2. The van der Waals surface area contributed by atoms with Gasteiger partial charge in [-0.25, -0.2) is 4.79 Å². The summed E-state index contributed by atoms with van der Waals surface area (Å²) < 4.78 is 0. The Morgan fingerprint density at radius 3 is 2.17 bits per heavy atom. The normalized spacial score (nSPS) is 10.1. The number of aromatic nitrogens is 3. The van der Waals surface area contributed by atoms with Gasteiger partial charge in [0, 0.05) is 11.3 Å². The van der Waals surface area contributed by atoms with E-state index in [0.717, 1.165) is 5.56 Å². The number of urea groups is 1. The molecule has 0 saturated heterocycles. The van der Waals surface area contributed by atoms with Crippen molar-refractivity contribution < 1.29 is 4.79 Å². The van der Waals surface area contributed by atoms with Crippen LogP contribution in [-0.2, 0) is 0 Å². The zero-order valence-corrected chi connectivity index (χ0v) is 12.1. The number of anilines is 3. The Morgan fingerprint density at radius 1 is 0.826 bits per heavy atom. The second kappa shape index (κ2) is 6.52. The van der Waals surface area contributed by atoms with Gasteiger partial charge in [0.15, 0.2) is 5.82 Å². The number of hydrogen-bond donors (Lipinski definition) is 3. The van der Waals surface area contributed by atoms with Gasteiger partial charge in [-0.2, -0.15) is 15.0 Å². The monoisotopic (exact) mass is 306 g/mol. The Labute approximate surface area is 132 Å². The molecule has 7 heteroatoms. The number of nitrogens with two attached hydrogens (primary N) is 1. The van der Waals surface area contributed by atoms with E-state index in [-0.39, 0.29) is 11.9 Å². The van der Waals surface area contributed by atoms with Crippen molar-refractivity contribution in [3.05, 3.63) is 60.7 Å². The van der Waals surface area contributed by atoms with Crippen LogP contribution in [0, 0.1) is 0 Å². The number of carbonyl (C=O) groups excluding carboxylic acids is 1. The van der Waals surface area contributed by atoms with Crippen LogP contribution in [-0.4, -0.2) is 21.0 Å². The second-order valence-electron chi connectivity index (χ2n) is 4.65. The highest BCUT2D eigenvalue weighted by Crippen LogP contribution is 2.16. The van der Waals surface area contributed by atoms with Crippen molar-refractivity contribution >= 4 is 23.6 Å². The molecule has 0 aliphatic rings. The molecule has 2 amide bonds. The molecule has 1 aromatic heterocycles. The van der Waals surface area contributed by atoms with Crippen LogP contribution in [0.15, 0.2) is 60.7 Å². The van der Waals surface area contributed by atoms with Crippen molar-refractivity contribution in [1.82, 2.24) is 15.0 Å². The Bertz CT molecular complexity index is 807. The van der Waals surface area contributed by atoms with Gasteiger partial charge in [0.05, 0.1) is 0 Å². The predicted octanol–water partition coefficient (Wildman–Crippen LogP) is 2.76. The van der Waals surface area contributed by atoms with Gasteiger partial charge < -0.3 is 11.1 Å². The Morgan fingerprint density at radius 2 is 1.48 bits per heavy atom. The van der Waals surface area contributed by atoms with E-state index in [0.29, 0.717) is 11.5 Å². The lowest BCUT2D eigenvalue weighted by atomic mass is 10.2. The summed E-state index contributed by atoms with van der Waals surface area (Å²) >= 11 is 0. The maximum absolute atomic E-state index is 12.0. The fraction of sp³-hybridized carbons (Fsp3) is 0. The fourth-order valence-corrected chi connectivity index (χ4v) is 1.95. The molecule has 23 heavy (non-hydrogen) atoms. The molecule has 0 unspecified atom stereocenters. The first-order valence-corrected chi connectivity index (χ1v) is 6.91. The molecule has 0 aliphatic heterocycles. The Kier molecular flexibility index (Phi) is 4.10. The fourth-order valence-electron chi connectivity index (χ4n) is 1.95. The molecule has 0 bridgehead atoms.